The summed E-state index contributed by atoms with van der Waals surface area (Å²) in [4.78, 5) is 10.6. The number of hydrogen-bond acceptors (Lipinski definition) is 4. The highest BCUT2D eigenvalue weighted by molar-refractivity contribution is 5.91. The van der Waals surface area contributed by atoms with Gasteiger partial charge < -0.3 is 5.11 Å². The molecule has 1 N–H and O–H groups in total. The Balaban J connectivity index is 2.61. The van der Waals surface area contributed by atoms with Gasteiger partial charge in [0.05, 0.1) is 11.0 Å². The van der Waals surface area contributed by atoms with Crippen LogP contribution in [0.3, 0.4) is 0 Å². The Labute approximate surface area is 140 Å². The molecule has 0 aliphatic heterocycles. The van der Waals surface area contributed by atoms with Crippen molar-refractivity contribution in [2.75, 3.05) is 6.61 Å². The average molecular weight is 322 g/mol. The predicted octanol–water partition coefficient (Wildman–Crippen LogP) is 4.19. The van der Waals surface area contributed by atoms with Crippen LogP contribution in [0.4, 0.5) is 5.69 Å². The van der Waals surface area contributed by atoms with Crippen molar-refractivity contribution < 1.29 is 10.0 Å². The van der Waals surface area contributed by atoms with Crippen LogP contribution in [0.15, 0.2) is 54.6 Å². The SMILES string of the molecule is N#CCC/C(=C(\CCO)c1cccc([N+](=O)[O-])c1)c1ccccc1. The molecule has 0 spiro atoms. The second-order valence-corrected chi connectivity index (χ2v) is 5.26. The van der Waals surface area contributed by atoms with Crippen LogP contribution in [0, 0.1) is 21.4 Å². The highest BCUT2D eigenvalue weighted by Crippen LogP contribution is 2.33. The number of allylic oxidation sites excluding steroid dienone is 1. The van der Waals surface area contributed by atoms with Crippen LogP contribution in [0.25, 0.3) is 11.1 Å². The summed E-state index contributed by atoms with van der Waals surface area (Å²) in [5.41, 5.74) is 3.45. The lowest BCUT2D eigenvalue weighted by Gasteiger charge is -2.15. The molecule has 0 fully saturated rings. The summed E-state index contributed by atoms with van der Waals surface area (Å²) in [5.74, 6) is 0. The molecule has 0 saturated heterocycles. The molecule has 0 radical (unpaired) electrons. The van der Waals surface area contributed by atoms with Crippen molar-refractivity contribution in [3.05, 3.63) is 75.8 Å². The van der Waals surface area contributed by atoms with Gasteiger partial charge in [-0.2, -0.15) is 5.26 Å². The van der Waals surface area contributed by atoms with Crippen molar-refractivity contribution in [2.24, 2.45) is 0 Å². The van der Waals surface area contributed by atoms with E-state index >= 15 is 0 Å². The summed E-state index contributed by atoms with van der Waals surface area (Å²) in [6, 6.07) is 18.1. The maximum Gasteiger partial charge on any atom is 0.270 e. The van der Waals surface area contributed by atoms with E-state index in [1.807, 2.05) is 30.3 Å². The van der Waals surface area contributed by atoms with E-state index in [0.717, 1.165) is 16.7 Å². The second kappa shape index (κ2) is 8.61. The normalized spacial score (nSPS) is 11.5. The van der Waals surface area contributed by atoms with Gasteiger partial charge in [-0.05, 0) is 35.1 Å². The van der Waals surface area contributed by atoms with Gasteiger partial charge in [-0.15, -0.1) is 0 Å². The number of nitro groups is 1. The number of rotatable bonds is 7. The first kappa shape index (κ1) is 17.4. The maximum absolute atomic E-state index is 11.0. The van der Waals surface area contributed by atoms with Crippen molar-refractivity contribution in [3.8, 4) is 6.07 Å². The summed E-state index contributed by atoms with van der Waals surface area (Å²) in [6.07, 6.45) is 1.24. The fourth-order valence-corrected chi connectivity index (χ4v) is 2.68. The average Bonchev–Trinajstić information content (AvgIpc) is 2.62. The van der Waals surface area contributed by atoms with E-state index in [9.17, 15) is 15.2 Å². The largest absolute Gasteiger partial charge is 0.396 e. The van der Waals surface area contributed by atoms with E-state index in [1.54, 1.807) is 12.1 Å². The van der Waals surface area contributed by atoms with E-state index in [2.05, 4.69) is 6.07 Å². The van der Waals surface area contributed by atoms with E-state index in [-0.39, 0.29) is 12.3 Å². The zero-order valence-electron chi connectivity index (χ0n) is 13.2. The fourth-order valence-electron chi connectivity index (χ4n) is 2.68. The summed E-state index contributed by atoms with van der Waals surface area (Å²) >= 11 is 0. The summed E-state index contributed by atoms with van der Waals surface area (Å²) in [6.45, 7) is -0.0685. The first-order chi connectivity index (χ1) is 11.7. The Morgan fingerprint density at radius 2 is 1.71 bits per heavy atom. The van der Waals surface area contributed by atoms with Gasteiger partial charge in [0.2, 0.25) is 0 Å². The molecule has 0 saturated carbocycles. The molecule has 0 bridgehead atoms. The van der Waals surface area contributed by atoms with Crippen LogP contribution in [0.1, 0.15) is 30.4 Å². The highest BCUT2D eigenvalue weighted by Gasteiger charge is 2.14. The molecule has 0 unspecified atom stereocenters. The van der Waals surface area contributed by atoms with Crippen LogP contribution in [-0.2, 0) is 0 Å². The van der Waals surface area contributed by atoms with Crippen molar-refractivity contribution in [1.82, 2.24) is 0 Å². The molecule has 0 amide bonds. The molecule has 0 atom stereocenters. The van der Waals surface area contributed by atoms with Crippen LogP contribution in [0.2, 0.25) is 0 Å². The molecule has 0 aliphatic rings. The predicted molar refractivity (Wildman–Crippen MR) is 92.9 cm³/mol. The Bertz CT molecular complexity index is 777. The smallest absolute Gasteiger partial charge is 0.270 e. The Morgan fingerprint density at radius 1 is 1.04 bits per heavy atom. The summed E-state index contributed by atoms with van der Waals surface area (Å²) in [5, 5.41) is 29.5. The standard InChI is InChI=1S/C19H18N2O3/c20-12-5-10-18(15-6-2-1-3-7-15)19(11-13-22)16-8-4-9-17(14-16)21(23)24/h1-4,6-9,14,22H,5,10-11,13H2/b19-18-. The van der Waals surface area contributed by atoms with Gasteiger partial charge in [0.15, 0.2) is 0 Å². The van der Waals surface area contributed by atoms with E-state index < -0.39 is 4.92 Å². The third-order valence-electron chi connectivity index (χ3n) is 3.74. The third kappa shape index (κ3) is 4.28. The van der Waals surface area contributed by atoms with Crippen LogP contribution >= 0.6 is 0 Å². The van der Waals surface area contributed by atoms with E-state index in [1.165, 1.54) is 12.1 Å². The van der Waals surface area contributed by atoms with Crippen molar-refractivity contribution in [3.63, 3.8) is 0 Å². The quantitative estimate of drug-likeness (QED) is 0.470. The van der Waals surface area contributed by atoms with Crippen LogP contribution < -0.4 is 0 Å². The molecule has 2 rings (SSSR count). The molecule has 0 heterocycles. The summed E-state index contributed by atoms with van der Waals surface area (Å²) < 4.78 is 0. The Hall–Kier alpha value is -2.97. The lowest BCUT2D eigenvalue weighted by Crippen LogP contribution is -1.97. The number of benzene rings is 2. The first-order valence-electron chi connectivity index (χ1n) is 7.67. The van der Waals surface area contributed by atoms with E-state index in [0.29, 0.717) is 24.8 Å². The molecule has 2 aromatic carbocycles. The monoisotopic (exact) mass is 322 g/mol. The molecular formula is C19H18N2O3. The number of non-ortho nitro benzene ring substituents is 1. The van der Waals surface area contributed by atoms with Gasteiger partial charge in [-0.25, -0.2) is 0 Å². The molecule has 5 nitrogen and oxygen atoms in total. The van der Waals surface area contributed by atoms with Crippen molar-refractivity contribution in [1.29, 1.82) is 5.26 Å². The molecule has 24 heavy (non-hydrogen) atoms. The number of nitro benzene ring substituents is 1. The molecule has 5 heteroatoms. The lowest BCUT2D eigenvalue weighted by atomic mass is 9.90. The van der Waals surface area contributed by atoms with Gasteiger partial charge in [0.1, 0.15) is 0 Å². The zero-order chi connectivity index (χ0) is 17.4. The topological polar surface area (TPSA) is 87.2 Å². The van der Waals surface area contributed by atoms with Gasteiger partial charge >= 0.3 is 0 Å². The second-order valence-electron chi connectivity index (χ2n) is 5.26. The fraction of sp³-hybridized carbons (Fsp3) is 0.211. The van der Waals surface area contributed by atoms with Gasteiger partial charge in [0, 0.05) is 25.2 Å². The molecular weight excluding hydrogens is 304 g/mol. The number of nitriles is 1. The minimum Gasteiger partial charge on any atom is -0.396 e. The zero-order valence-corrected chi connectivity index (χ0v) is 13.2. The van der Waals surface area contributed by atoms with Gasteiger partial charge in [-0.3, -0.25) is 10.1 Å². The maximum atomic E-state index is 11.0. The van der Waals surface area contributed by atoms with Gasteiger partial charge in [0.25, 0.3) is 5.69 Å². The van der Waals surface area contributed by atoms with E-state index in [4.69, 9.17) is 5.26 Å². The molecule has 0 aromatic heterocycles. The number of aliphatic hydroxyl groups is 1. The van der Waals surface area contributed by atoms with Crippen LogP contribution in [-0.4, -0.2) is 16.6 Å². The Kier molecular flexibility index (Phi) is 6.23. The highest BCUT2D eigenvalue weighted by atomic mass is 16.6. The molecule has 0 aliphatic carbocycles. The minimum atomic E-state index is -0.433. The number of hydrogen-bond donors (Lipinski definition) is 1. The molecule has 2 aromatic rings. The number of nitrogens with zero attached hydrogens (tertiary/aromatic N) is 2. The summed E-state index contributed by atoms with van der Waals surface area (Å²) in [7, 11) is 0. The Morgan fingerprint density at radius 3 is 2.33 bits per heavy atom. The molecule has 122 valence electrons. The van der Waals surface area contributed by atoms with Gasteiger partial charge in [-0.1, -0.05) is 42.5 Å². The van der Waals surface area contributed by atoms with Crippen LogP contribution in [0.5, 0.6) is 0 Å². The third-order valence-corrected chi connectivity index (χ3v) is 3.74. The minimum absolute atomic E-state index is 0.00985. The van der Waals surface area contributed by atoms with Crippen molar-refractivity contribution in [2.45, 2.75) is 19.3 Å². The van der Waals surface area contributed by atoms with Crippen molar-refractivity contribution >= 4 is 16.8 Å². The number of aliphatic hydroxyl groups excluding tert-OH is 1. The first-order valence-corrected chi connectivity index (χ1v) is 7.67. The lowest BCUT2D eigenvalue weighted by molar-refractivity contribution is -0.384.